The lowest BCUT2D eigenvalue weighted by atomic mass is 9.89. The standard InChI is InChI=1S/C48H37N3O/c1-4-16-34(17-5-1)49(39-30-31-45-43(33-39)40-24-10-12-27-44(40)51(45)36-20-8-3-9-21-36)37-22-14-23-38(32-37)50(35-18-6-2-7-19-35)46-28-15-26-42-41-25-11-13-29-47(41)52-48(42)46/h1-2,4-8,10-33,42,48H,3,9H2. The third kappa shape index (κ3) is 5.06. The van der Waals surface area contributed by atoms with Crippen molar-refractivity contribution in [3.8, 4) is 5.75 Å². The van der Waals surface area contributed by atoms with E-state index in [-0.39, 0.29) is 12.0 Å². The van der Waals surface area contributed by atoms with Crippen LogP contribution in [0.3, 0.4) is 0 Å². The molecule has 0 spiro atoms. The van der Waals surface area contributed by atoms with Crippen LogP contribution in [0, 0.1) is 0 Å². The minimum atomic E-state index is -0.134. The van der Waals surface area contributed by atoms with Crippen LogP contribution in [0.4, 0.5) is 28.4 Å². The first kappa shape index (κ1) is 30.3. The summed E-state index contributed by atoms with van der Waals surface area (Å²) < 4.78 is 9.12. The Balaban J connectivity index is 1.12. The second kappa shape index (κ2) is 12.7. The Bertz CT molecular complexity index is 2580. The molecular weight excluding hydrogens is 635 g/mol. The van der Waals surface area contributed by atoms with Gasteiger partial charge in [-0.05, 0) is 97.8 Å². The molecular formula is C48H37N3O. The van der Waals surface area contributed by atoms with Gasteiger partial charge in [0.15, 0.2) is 0 Å². The van der Waals surface area contributed by atoms with Crippen LogP contribution in [0.25, 0.3) is 27.5 Å². The van der Waals surface area contributed by atoms with E-state index in [0.717, 1.165) is 52.7 Å². The molecule has 1 aliphatic heterocycles. The Hall–Kier alpha value is -6.52. The summed E-state index contributed by atoms with van der Waals surface area (Å²) in [7, 11) is 0. The zero-order valence-corrected chi connectivity index (χ0v) is 28.7. The number of fused-ring (bicyclic) bond motifs is 6. The molecule has 52 heavy (non-hydrogen) atoms. The fourth-order valence-corrected chi connectivity index (χ4v) is 8.22. The molecule has 0 radical (unpaired) electrons. The molecule has 0 saturated carbocycles. The van der Waals surface area contributed by atoms with Gasteiger partial charge in [0.25, 0.3) is 0 Å². The summed E-state index contributed by atoms with van der Waals surface area (Å²) in [6, 6.07) is 54.3. The summed E-state index contributed by atoms with van der Waals surface area (Å²) in [4.78, 5) is 4.74. The van der Waals surface area contributed by atoms with E-state index in [1.165, 1.54) is 33.1 Å². The van der Waals surface area contributed by atoms with Crippen LogP contribution in [-0.2, 0) is 0 Å². The van der Waals surface area contributed by atoms with Crippen molar-refractivity contribution in [2.75, 3.05) is 9.80 Å². The van der Waals surface area contributed by atoms with E-state index in [2.05, 4.69) is 202 Å². The summed E-state index contributed by atoms with van der Waals surface area (Å²) in [6.07, 6.45) is 15.6. The maximum absolute atomic E-state index is 6.70. The monoisotopic (exact) mass is 671 g/mol. The molecule has 7 aromatic rings. The van der Waals surface area contributed by atoms with E-state index in [1.54, 1.807) is 0 Å². The number of nitrogens with zero attached hydrogens (tertiary/aromatic N) is 3. The van der Waals surface area contributed by atoms with Crippen molar-refractivity contribution < 1.29 is 4.74 Å². The van der Waals surface area contributed by atoms with Crippen LogP contribution in [0.1, 0.15) is 24.3 Å². The number of para-hydroxylation sites is 4. The van der Waals surface area contributed by atoms with Crippen molar-refractivity contribution in [3.63, 3.8) is 0 Å². The minimum Gasteiger partial charge on any atom is -0.483 e. The molecule has 3 aliphatic rings. The van der Waals surface area contributed by atoms with Gasteiger partial charge in [-0.3, -0.25) is 0 Å². The Morgan fingerprint density at radius 2 is 1.23 bits per heavy atom. The lowest BCUT2D eigenvalue weighted by Crippen LogP contribution is -2.32. The lowest BCUT2D eigenvalue weighted by Gasteiger charge is -2.34. The van der Waals surface area contributed by atoms with E-state index in [0.29, 0.717) is 0 Å². The van der Waals surface area contributed by atoms with Gasteiger partial charge in [0, 0.05) is 56.4 Å². The van der Waals surface area contributed by atoms with Crippen LogP contribution in [0.5, 0.6) is 5.75 Å². The molecule has 2 heterocycles. The van der Waals surface area contributed by atoms with Crippen LogP contribution in [0.15, 0.2) is 194 Å². The van der Waals surface area contributed by atoms with Crippen molar-refractivity contribution in [2.45, 2.75) is 24.9 Å². The number of hydrogen-bond acceptors (Lipinski definition) is 3. The van der Waals surface area contributed by atoms with Gasteiger partial charge in [-0.1, -0.05) is 103 Å². The molecule has 2 aliphatic carbocycles. The minimum absolute atomic E-state index is 0.134. The normalized spacial score (nSPS) is 17.3. The van der Waals surface area contributed by atoms with Gasteiger partial charge < -0.3 is 19.1 Å². The Morgan fingerprint density at radius 1 is 0.558 bits per heavy atom. The molecule has 10 rings (SSSR count). The first-order valence-corrected chi connectivity index (χ1v) is 18.2. The van der Waals surface area contributed by atoms with Gasteiger partial charge in [-0.2, -0.15) is 0 Å². The molecule has 4 heteroatoms. The van der Waals surface area contributed by atoms with Gasteiger partial charge in [0.05, 0.1) is 16.7 Å². The highest BCUT2D eigenvalue weighted by Crippen LogP contribution is 2.47. The highest BCUT2D eigenvalue weighted by molar-refractivity contribution is 6.11. The Kier molecular flexibility index (Phi) is 7.38. The van der Waals surface area contributed by atoms with Crippen LogP contribution < -0.4 is 14.5 Å². The number of ether oxygens (including phenoxy) is 1. The summed E-state index contributed by atoms with van der Waals surface area (Å²) >= 11 is 0. The molecule has 0 bridgehead atoms. The second-order valence-electron chi connectivity index (χ2n) is 13.6. The summed E-state index contributed by atoms with van der Waals surface area (Å²) in [5.41, 5.74) is 11.5. The van der Waals surface area contributed by atoms with Gasteiger partial charge in [-0.15, -0.1) is 0 Å². The zero-order valence-electron chi connectivity index (χ0n) is 28.7. The van der Waals surface area contributed by atoms with Crippen LogP contribution >= 0.6 is 0 Å². The molecule has 0 fully saturated rings. The summed E-state index contributed by atoms with van der Waals surface area (Å²) in [5.74, 6) is 1.11. The summed E-state index contributed by atoms with van der Waals surface area (Å²) in [6.45, 7) is 0. The number of benzene rings is 6. The maximum atomic E-state index is 6.70. The van der Waals surface area contributed by atoms with E-state index < -0.39 is 0 Å². The second-order valence-corrected chi connectivity index (χ2v) is 13.6. The smallest absolute Gasteiger partial charge is 0.149 e. The maximum Gasteiger partial charge on any atom is 0.149 e. The highest BCUT2D eigenvalue weighted by Gasteiger charge is 2.39. The molecule has 250 valence electrons. The van der Waals surface area contributed by atoms with Gasteiger partial charge in [0.2, 0.25) is 0 Å². The van der Waals surface area contributed by atoms with Crippen molar-refractivity contribution in [2.24, 2.45) is 0 Å². The molecule has 0 amide bonds. The SMILES string of the molecule is C1=CC2c3ccccc3OC2C(N(c2ccccc2)c2cccc(N(c3ccccc3)c3ccc4c(c3)c3ccccc3n4C3=CCCC=C3)c2)=C1. The zero-order chi connectivity index (χ0) is 34.4. The Morgan fingerprint density at radius 3 is 2.04 bits per heavy atom. The molecule has 4 nitrogen and oxygen atoms in total. The van der Waals surface area contributed by atoms with Gasteiger partial charge >= 0.3 is 0 Å². The van der Waals surface area contributed by atoms with Gasteiger partial charge in [0.1, 0.15) is 11.9 Å². The number of hydrogen-bond donors (Lipinski definition) is 0. The first-order valence-electron chi connectivity index (χ1n) is 18.2. The topological polar surface area (TPSA) is 20.6 Å². The van der Waals surface area contributed by atoms with Crippen molar-refractivity contribution in [1.29, 1.82) is 0 Å². The van der Waals surface area contributed by atoms with Crippen molar-refractivity contribution >= 4 is 55.9 Å². The van der Waals surface area contributed by atoms with Crippen molar-refractivity contribution in [3.05, 3.63) is 199 Å². The van der Waals surface area contributed by atoms with Crippen LogP contribution in [-0.4, -0.2) is 10.7 Å². The van der Waals surface area contributed by atoms with Crippen LogP contribution in [0.2, 0.25) is 0 Å². The number of aromatic nitrogens is 1. The van der Waals surface area contributed by atoms with Crippen molar-refractivity contribution in [1.82, 2.24) is 4.57 Å². The molecule has 2 unspecified atom stereocenters. The van der Waals surface area contributed by atoms with Gasteiger partial charge in [-0.25, -0.2) is 0 Å². The van der Waals surface area contributed by atoms with E-state index in [1.807, 2.05) is 0 Å². The first-order chi connectivity index (χ1) is 25.8. The highest BCUT2D eigenvalue weighted by atomic mass is 16.5. The fraction of sp³-hybridized carbons (Fsp3) is 0.0833. The number of rotatable bonds is 7. The predicted octanol–water partition coefficient (Wildman–Crippen LogP) is 12.6. The molecule has 1 aromatic heterocycles. The predicted molar refractivity (Wildman–Crippen MR) is 216 cm³/mol. The van der Waals surface area contributed by atoms with E-state index in [9.17, 15) is 0 Å². The lowest BCUT2D eigenvalue weighted by molar-refractivity contribution is 0.253. The quantitative estimate of drug-likeness (QED) is 0.168. The molecule has 0 saturated heterocycles. The molecule has 2 atom stereocenters. The summed E-state index contributed by atoms with van der Waals surface area (Å²) in [5, 5.41) is 2.49. The number of allylic oxidation sites excluding steroid dienone is 6. The molecule has 0 N–H and O–H groups in total. The largest absolute Gasteiger partial charge is 0.483 e. The third-order valence-electron chi connectivity index (χ3n) is 10.5. The third-order valence-corrected chi connectivity index (χ3v) is 10.5. The average Bonchev–Trinajstić information content (AvgIpc) is 3.76. The Labute approximate surface area is 304 Å². The average molecular weight is 672 g/mol. The molecule has 6 aromatic carbocycles. The fourth-order valence-electron chi connectivity index (χ4n) is 8.22. The number of anilines is 5. The van der Waals surface area contributed by atoms with E-state index >= 15 is 0 Å². The van der Waals surface area contributed by atoms with E-state index in [4.69, 9.17) is 4.74 Å².